The predicted octanol–water partition coefficient (Wildman–Crippen LogP) is 2.02. The van der Waals surface area contributed by atoms with Crippen LogP contribution in [0.2, 0.25) is 0 Å². The van der Waals surface area contributed by atoms with Gasteiger partial charge in [-0.2, -0.15) is 0 Å². The number of halogens is 1. The molecule has 1 aliphatic rings. The normalized spacial score (nSPS) is 19.7. The Morgan fingerprint density at radius 3 is 3.00 bits per heavy atom. The van der Waals surface area contributed by atoms with E-state index in [-0.39, 0.29) is 11.5 Å². The third kappa shape index (κ3) is 2.58. The predicted molar refractivity (Wildman–Crippen MR) is 55.6 cm³/mol. The van der Waals surface area contributed by atoms with Gasteiger partial charge in [0.2, 0.25) is 0 Å². The first-order valence-electron chi connectivity index (χ1n) is 5.27. The van der Waals surface area contributed by atoms with Gasteiger partial charge in [0.05, 0.1) is 18.8 Å². The monoisotopic (exact) mass is 224 g/mol. The largest absolute Gasteiger partial charge is 0.462 e. The molecule has 1 unspecified atom stereocenters. The fraction of sp³-hybridized carbons (Fsp3) is 0.417. The molecular formula is C12H13FO3. The molecule has 1 aromatic carbocycles. The first-order chi connectivity index (χ1) is 7.77. The zero-order valence-electron chi connectivity index (χ0n) is 8.82. The van der Waals surface area contributed by atoms with Crippen LogP contribution in [0.25, 0.3) is 0 Å². The van der Waals surface area contributed by atoms with E-state index in [0.717, 1.165) is 6.42 Å². The minimum Gasteiger partial charge on any atom is -0.462 e. The van der Waals surface area contributed by atoms with Crippen LogP contribution in [0.5, 0.6) is 0 Å². The molecule has 86 valence electrons. The third-order valence-corrected chi connectivity index (χ3v) is 2.57. The molecule has 1 fully saturated rings. The summed E-state index contributed by atoms with van der Waals surface area (Å²) >= 11 is 0. The highest BCUT2D eigenvalue weighted by Crippen LogP contribution is 2.14. The lowest BCUT2D eigenvalue weighted by atomic mass is 10.1. The second-order valence-corrected chi connectivity index (χ2v) is 3.81. The van der Waals surface area contributed by atoms with Crippen molar-refractivity contribution < 1.29 is 18.7 Å². The maximum atomic E-state index is 13.2. The summed E-state index contributed by atoms with van der Waals surface area (Å²) in [5.74, 6) is -0.907. The van der Waals surface area contributed by atoms with Crippen LogP contribution < -0.4 is 0 Å². The lowest BCUT2D eigenvalue weighted by molar-refractivity contribution is 0.0423. The van der Waals surface area contributed by atoms with Gasteiger partial charge < -0.3 is 9.47 Å². The summed E-state index contributed by atoms with van der Waals surface area (Å²) in [5, 5.41) is 0. The molecule has 1 atom stereocenters. The van der Waals surface area contributed by atoms with Gasteiger partial charge in [-0.15, -0.1) is 0 Å². The van der Waals surface area contributed by atoms with Crippen molar-refractivity contribution in [3.05, 3.63) is 35.6 Å². The maximum Gasteiger partial charge on any atom is 0.341 e. The topological polar surface area (TPSA) is 35.5 Å². The Kier molecular flexibility index (Phi) is 3.51. The average molecular weight is 224 g/mol. The molecule has 1 aromatic rings. The molecule has 2 rings (SSSR count). The molecule has 0 aromatic heterocycles. The summed E-state index contributed by atoms with van der Waals surface area (Å²) in [6, 6.07) is 5.81. The Labute approximate surface area is 93.2 Å². The highest BCUT2D eigenvalue weighted by Gasteiger charge is 2.19. The molecule has 0 spiro atoms. The highest BCUT2D eigenvalue weighted by atomic mass is 19.1. The molecule has 3 nitrogen and oxygen atoms in total. The highest BCUT2D eigenvalue weighted by molar-refractivity contribution is 5.89. The fourth-order valence-electron chi connectivity index (χ4n) is 1.61. The van der Waals surface area contributed by atoms with E-state index in [9.17, 15) is 9.18 Å². The Bertz CT molecular complexity index is 372. The van der Waals surface area contributed by atoms with Crippen molar-refractivity contribution in [2.24, 2.45) is 5.92 Å². The first-order valence-corrected chi connectivity index (χ1v) is 5.27. The summed E-state index contributed by atoms with van der Waals surface area (Å²) in [6.07, 6.45) is 0.893. The number of carbonyl (C=O) groups excluding carboxylic acids is 1. The van der Waals surface area contributed by atoms with Gasteiger partial charge in [-0.1, -0.05) is 12.1 Å². The van der Waals surface area contributed by atoms with E-state index in [0.29, 0.717) is 19.8 Å². The van der Waals surface area contributed by atoms with Crippen LogP contribution in [0.1, 0.15) is 16.8 Å². The Morgan fingerprint density at radius 1 is 1.50 bits per heavy atom. The van der Waals surface area contributed by atoms with Crippen LogP contribution >= 0.6 is 0 Å². The molecule has 1 aliphatic heterocycles. The zero-order chi connectivity index (χ0) is 11.4. The molecule has 1 saturated heterocycles. The van der Waals surface area contributed by atoms with Crippen LogP contribution in [-0.2, 0) is 9.47 Å². The van der Waals surface area contributed by atoms with Gasteiger partial charge >= 0.3 is 5.97 Å². The second-order valence-electron chi connectivity index (χ2n) is 3.81. The lowest BCUT2D eigenvalue weighted by Gasteiger charge is -2.09. The van der Waals surface area contributed by atoms with Gasteiger partial charge in [-0.05, 0) is 18.6 Å². The molecule has 0 N–H and O–H groups in total. The number of carbonyl (C=O) groups is 1. The molecule has 0 bridgehead atoms. The Balaban J connectivity index is 1.90. The van der Waals surface area contributed by atoms with E-state index >= 15 is 0 Å². The smallest absolute Gasteiger partial charge is 0.341 e. The van der Waals surface area contributed by atoms with Crippen molar-refractivity contribution in [1.29, 1.82) is 0 Å². The van der Waals surface area contributed by atoms with Crippen molar-refractivity contribution in [3.63, 3.8) is 0 Å². The van der Waals surface area contributed by atoms with Gasteiger partial charge in [0.15, 0.2) is 0 Å². The van der Waals surface area contributed by atoms with Crippen LogP contribution in [0.15, 0.2) is 24.3 Å². The number of benzene rings is 1. The summed E-state index contributed by atoms with van der Waals surface area (Å²) in [4.78, 5) is 11.5. The number of rotatable bonds is 3. The van der Waals surface area contributed by atoms with Crippen LogP contribution in [0.4, 0.5) is 4.39 Å². The Hall–Kier alpha value is -1.42. The van der Waals surface area contributed by atoms with Crippen molar-refractivity contribution in [3.8, 4) is 0 Å². The van der Waals surface area contributed by atoms with E-state index < -0.39 is 11.8 Å². The van der Waals surface area contributed by atoms with E-state index in [2.05, 4.69) is 0 Å². The standard InChI is InChI=1S/C12H13FO3/c13-11-4-2-1-3-10(11)12(14)16-8-9-5-6-15-7-9/h1-4,9H,5-8H2. The Morgan fingerprint density at radius 2 is 2.31 bits per heavy atom. The SMILES string of the molecule is O=C(OCC1CCOC1)c1ccccc1F. The molecule has 0 aliphatic carbocycles. The first kappa shape index (κ1) is 11.1. The molecular weight excluding hydrogens is 211 g/mol. The number of hydrogen-bond acceptors (Lipinski definition) is 3. The number of esters is 1. The number of hydrogen-bond donors (Lipinski definition) is 0. The summed E-state index contributed by atoms with van der Waals surface area (Å²) in [7, 11) is 0. The summed E-state index contributed by atoms with van der Waals surface area (Å²) in [6.45, 7) is 1.62. The van der Waals surface area contributed by atoms with E-state index in [1.54, 1.807) is 6.07 Å². The zero-order valence-corrected chi connectivity index (χ0v) is 8.82. The summed E-state index contributed by atoms with van der Waals surface area (Å²) in [5.41, 5.74) is -0.0126. The van der Waals surface area contributed by atoms with E-state index in [1.165, 1.54) is 18.2 Å². The van der Waals surface area contributed by atoms with E-state index in [1.807, 2.05) is 0 Å². The molecule has 4 heteroatoms. The van der Waals surface area contributed by atoms with Crippen LogP contribution in [-0.4, -0.2) is 25.8 Å². The van der Waals surface area contributed by atoms with Crippen molar-refractivity contribution in [2.45, 2.75) is 6.42 Å². The quantitative estimate of drug-likeness (QED) is 0.737. The molecule has 0 saturated carbocycles. The van der Waals surface area contributed by atoms with Crippen LogP contribution in [0.3, 0.4) is 0 Å². The van der Waals surface area contributed by atoms with Crippen LogP contribution in [0, 0.1) is 11.7 Å². The second kappa shape index (κ2) is 5.07. The van der Waals surface area contributed by atoms with Crippen molar-refractivity contribution >= 4 is 5.97 Å². The maximum absolute atomic E-state index is 13.2. The minimum atomic E-state index is -0.606. The summed E-state index contributed by atoms with van der Waals surface area (Å²) < 4.78 is 23.4. The minimum absolute atomic E-state index is 0.0126. The molecule has 0 amide bonds. The number of ether oxygens (including phenoxy) is 2. The van der Waals surface area contributed by atoms with Gasteiger partial charge in [0, 0.05) is 12.5 Å². The van der Waals surface area contributed by atoms with Gasteiger partial charge in [-0.25, -0.2) is 9.18 Å². The molecule has 1 heterocycles. The van der Waals surface area contributed by atoms with Gasteiger partial charge in [0.25, 0.3) is 0 Å². The molecule has 16 heavy (non-hydrogen) atoms. The van der Waals surface area contributed by atoms with Gasteiger partial charge in [-0.3, -0.25) is 0 Å². The van der Waals surface area contributed by atoms with E-state index in [4.69, 9.17) is 9.47 Å². The van der Waals surface area contributed by atoms with Crippen molar-refractivity contribution in [2.75, 3.05) is 19.8 Å². The fourth-order valence-corrected chi connectivity index (χ4v) is 1.61. The third-order valence-electron chi connectivity index (χ3n) is 2.57. The van der Waals surface area contributed by atoms with Crippen molar-refractivity contribution in [1.82, 2.24) is 0 Å². The lowest BCUT2D eigenvalue weighted by Crippen LogP contribution is -2.15. The average Bonchev–Trinajstić information content (AvgIpc) is 2.79. The molecule has 0 radical (unpaired) electrons. The van der Waals surface area contributed by atoms with Gasteiger partial charge in [0.1, 0.15) is 5.82 Å².